The number of aliphatic carboxylic acids is 1. The maximum Gasteiger partial charge on any atom is 0.320 e. The van der Waals surface area contributed by atoms with Crippen molar-refractivity contribution in [2.24, 2.45) is 5.73 Å². The fourth-order valence-electron chi connectivity index (χ4n) is 6.64. The third-order valence-corrected chi connectivity index (χ3v) is 8.35. The molecule has 2 aromatic rings. The molecule has 2 aliphatic heterocycles. The average Bonchev–Trinajstić information content (AvgIpc) is 3.21. The van der Waals surface area contributed by atoms with Crippen molar-refractivity contribution in [3.05, 3.63) is 59.2 Å². The number of aliphatic hydroxyl groups is 1. The number of rotatable bonds is 4. The van der Waals surface area contributed by atoms with E-state index >= 15 is 0 Å². The second kappa shape index (κ2) is 8.62. The number of piperidine rings is 1. The number of nitrogens with two attached hydrogens (primary N) is 1. The standard InChI is InChI=1S/C18H21NO4.C9H11NO2/c1-19-8-7-17-14-10-3-4-12(22-2)15(14)23-16(17)11(20)5-6-18(17,21)13(19)9-10;10-8(9(11)12)6-7-4-2-1-3-5-7/h3-4,13,16,21H,5-9H2,1-2H3;1-5,8H,6,10H2,(H,11,12)/t13-,16+,17+,18-;8-/m10/s1. The quantitative estimate of drug-likeness (QED) is 0.604. The van der Waals surface area contributed by atoms with Crippen LogP contribution in [0.5, 0.6) is 11.5 Å². The third-order valence-electron chi connectivity index (χ3n) is 8.35. The fraction of sp³-hybridized carbons (Fsp3) is 0.481. The van der Waals surface area contributed by atoms with Gasteiger partial charge in [0.15, 0.2) is 23.4 Å². The van der Waals surface area contributed by atoms with Crippen molar-refractivity contribution < 1.29 is 29.3 Å². The van der Waals surface area contributed by atoms with Crippen LogP contribution in [0.3, 0.4) is 0 Å². The molecular weight excluding hydrogens is 448 g/mol. The Hall–Kier alpha value is -2.94. The Balaban J connectivity index is 0.000000180. The maximum atomic E-state index is 12.7. The molecule has 8 nitrogen and oxygen atoms in total. The lowest BCUT2D eigenvalue weighted by molar-refractivity contribution is -0.185. The van der Waals surface area contributed by atoms with Crippen LogP contribution in [-0.2, 0) is 27.8 Å². The first-order valence-corrected chi connectivity index (χ1v) is 12.1. The minimum absolute atomic E-state index is 0.0438. The molecule has 1 saturated heterocycles. The van der Waals surface area contributed by atoms with Gasteiger partial charge in [-0.05, 0) is 56.5 Å². The van der Waals surface area contributed by atoms with E-state index in [1.165, 1.54) is 5.56 Å². The molecule has 2 heterocycles. The van der Waals surface area contributed by atoms with Gasteiger partial charge in [0.1, 0.15) is 6.04 Å². The fourth-order valence-corrected chi connectivity index (χ4v) is 6.64. The largest absolute Gasteiger partial charge is 0.493 e. The topological polar surface area (TPSA) is 122 Å². The molecule has 2 fully saturated rings. The molecule has 4 aliphatic rings. The van der Waals surface area contributed by atoms with Crippen molar-refractivity contribution >= 4 is 11.8 Å². The van der Waals surface area contributed by atoms with Crippen LogP contribution in [0, 0.1) is 0 Å². The number of hydrogen-bond acceptors (Lipinski definition) is 7. The van der Waals surface area contributed by atoms with E-state index in [9.17, 15) is 14.7 Å². The van der Waals surface area contributed by atoms with Crippen molar-refractivity contribution in [1.29, 1.82) is 0 Å². The molecule has 0 amide bonds. The van der Waals surface area contributed by atoms with Gasteiger partial charge in [0, 0.05) is 18.0 Å². The molecule has 1 spiro atoms. The van der Waals surface area contributed by atoms with Gasteiger partial charge in [0.2, 0.25) is 0 Å². The lowest BCUT2D eigenvalue weighted by Crippen LogP contribution is -2.76. The molecule has 1 saturated carbocycles. The average molecular weight is 481 g/mol. The first-order valence-electron chi connectivity index (χ1n) is 12.1. The molecular formula is C27H32N2O6. The Morgan fingerprint density at radius 1 is 1.26 bits per heavy atom. The molecule has 0 aromatic heterocycles. The van der Waals surface area contributed by atoms with E-state index in [0.717, 1.165) is 30.5 Å². The Bertz CT molecular complexity index is 1150. The van der Waals surface area contributed by atoms with Crippen molar-refractivity contribution in [3.63, 3.8) is 0 Å². The van der Waals surface area contributed by atoms with Crippen molar-refractivity contribution in [3.8, 4) is 11.5 Å². The minimum atomic E-state index is -0.959. The molecule has 2 bridgehead atoms. The number of ether oxygens (including phenoxy) is 2. The van der Waals surface area contributed by atoms with Crippen LogP contribution in [-0.4, -0.2) is 71.4 Å². The van der Waals surface area contributed by atoms with Gasteiger partial charge in [-0.3, -0.25) is 9.59 Å². The van der Waals surface area contributed by atoms with Gasteiger partial charge in [-0.2, -0.15) is 0 Å². The second-order valence-electron chi connectivity index (χ2n) is 10.1. The lowest BCUT2D eigenvalue weighted by Gasteiger charge is -2.62. The first kappa shape index (κ1) is 23.8. The van der Waals surface area contributed by atoms with E-state index in [4.69, 9.17) is 20.3 Å². The molecule has 2 aromatic carbocycles. The molecule has 186 valence electrons. The summed E-state index contributed by atoms with van der Waals surface area (Å²) >= 11 is 0. The zero-order valence-corrected chi connectivity index (χ0v) is 20.1. The number of carboxylic acid groups (broad SMARTS) is 1. The number of likely N-dealkylation sites (tertiary alicyclic amines) is 1. The summed E-state index contributed by atoms with van der Waals surface area (Å²) in [6, 6.07) is 12.6. The van der Waals surface area contributed by atoms with E-state index in [-0.39, 0.29) is 11.8 Å². The molecule has 6 rings (SSSR count). The van der Waals surface area contributed by atoms with Crippen LogP contribution in [0.25, 0.3) is 0 Å². The molecule has 8 heteroatoms. The van der Waals surface area contributed by atoms with Crippen LogP contribution >= 0.6 is 0 Å². The van der Waals surface area contributed by atoms with E-state index in [1.54, 1.807) is 7.11 Å². The highest BCUT2D eigenvalue weighted by Gasteiger charge is 2.72. The summed E-state index contributed by atoms with van der Waals surface area (Å²) in [4.78, 5) is 25.3. The predicted molar refractivity (Wildman–Crippen MR) is 129 cm³/mol. The van der Waals surface area contributed by atoms with Gasteiger partial charge in [-0.15, -0.1) is 0 Å². The normalized spacial score (nSPS) is 30.9. The van der Waals surface area contributed by atoms with Crippen molar-refractivity contribution in [2.45, 2.75) is 61.3 Å². The monoisotopic (exact) mass is 480 g/mol. The highest BCUT2D eigenvalue weighted by molar-refractivity contribution is 5.90. The van der Waals surface area contributed by atoms with E-state index < -0.39 is 29.1 Å². The number of methoxy groups -OCH3 is 1. The zero-order chi connectivity index (χ0) is 25.0. The second-order valence-corrected chi connectivity index (χ2v) is 10.1. The van der Waals surface area contributed by atoms with Crippen LogP contribution in [0.1, 0.15) is 36.0 Å². The summed E-state index contributed by atoms with van der Waals surface area (Å²) in [5.74, 6) is 0.509. The van der Waals surface area contributed by atoms with Crippen molar-refractivity contribution in [1.82, 2.24) is 4.90 Å². The number of carbonyl (C=O) groups is 2. The van der Waals surface area contributed by atoms with Gasteiger partial charge in [0.25, 0.3) is 0 Å². The number of hydrogen-bond donors (Lipinski definition) is 3. The maximum absolute atomic E-state index is 12.7. The molecule has 2 aliphatic carbocycles. The summed E-state index contributed by atoms with van der Waals surface area (Å²) in [5, 5.41) is 20.3. The van der Waals surface area contributed by atoms with Gasteiger partial charge in [0.05, 0.1) is 18.1 Å². The molecule has 4 N–H and O–H groups in total. The van der Waals surface area contributed by atoms with Gasteiger partial charge < -0.3 is 30.3 Å². The third kappa shape index (κ3) is 3.46. The lowest BCUT2D eigenvalue weighted by atomic mass is 9.49. The van der Waals surface area contributed by atoms with Gasteiger partial charge in [-0.1, -0.05) is 36.4 Å². The highest BCUT2D eigenvalue weighted by atomic mass is 16.5. The van der Waals surface area contributed by atoms with E-state index in [1.807, 2.05) is 36.4 Å². The Labute approximate surface area is 204 Å². The predicted octanol–water partition coefficient (Wildman–Crippen LogP) is 1.69. The summed E-state index contributed by atoms with van der Waals surface area (Å²) in [6.45, 7) is 0.871. The number of likely N-dealkylation sites (N-methyl/N-ethyl adjacent to an activating group) is 1. The molecule has 0 radical (unpaired) electrons. The molecule has 35 heavy (non-hydrogen) atoms. The van der Waals surface area contributed by atoms with Crippen LogP contribution < -0.4 is 15.2 Å². The first-order chi connectivity index (χ1) is 16.7. The van der Waals surface area contributed by atoms with Crippen LogP contribution in [0.15, 0.2) is 42.5 Å². The minimum Gasteiger partial charge on any atom is -0.493 e. The summed E-state index contributed by atoms with van der Waals surface area (Å²) in [6.07, 6.45) is 2.28. The number of carbonyl (C=O) groups excluding carboxylic acids is 1. The highest BCUT2D eigenvalue weighted by Crippen LogP contribution is 2.64. The van der Waals surface area contributed by atoms with Crippen LogP contribution in [0.2, 0.25) is 0 Å². The van der Waals surface area contributed by atoms with Crippen LogP contribution in [0.4, 0.5) is 0 Å². The Kier molecular flexibility index (Phi) is 5.86. The van der Waals surface area contributed by atoms with E-state index in [0.29, 0.717) is 30.8 Å². The summed E-state index contributed by atoms with van der Waals surface area (Å²) in [5.41, 5.74) is 7.04. The number of ketones is 1. The summed E-state index contributed by atoms with van der Waals surface area (Å²) in [7, 11) is 3.70. The number of nitrogens with zero attached hydrogens (tertiary/aromatic N) is 1. The number of benzene rings is 2. The Morgan fingerprint density at radius 2 is 2.00 bits per heavy atom. The van der Waals surface area contributed by atoms with Crippen molar-refractivity contribution in [2.75, 3.05) is 20.7 Å². The Morgan fingerprint density at radius 3 is 2.69 bits per heavy atom. The molecule has 0 unspecified atom stereocenters. The van der Waals surface area contributed by atoms with Gasteiger partial charge >= 0.3 is 5.97 Å². The van der Waals surface area contributed by atoms with E-state index in [2.05, 4.69) is 18.0 Å². The smallest absolute Gasteiger partial charge is 0.320 e. The summed E-state index contributed by atoms with van der Waals surface area (Å²) < 4.78 is 11.6. The zero-order valence-electron chi connectivity index (χ0n) is 20.1. The number of carboxylic acids is 1. The molecule has 5 atom stereocenters. The number of Topliss-reactive ketones (excluding diaryl/α,β-unsaturated/α-hetero) is 1. The van der Waals surface area contributed by atoms with Gasteiger partial charge in [-0.25, -0.2) is 0 Å². The SMILES string of the molecule is COc1ccc2c3c1O[C@H]1C(=O)CC[C@@]4(O)[C@@H](C2)N(C)CC[C@]314.N[C@@H](Cc1ccccc1)C(=O)O.